The van der Waals surface area contributed by atoms with Gasteiger partial charge in [-0.25, -0.2) is 0 Å². The van der Waals surface area contributed by atoms with Gasteiger partial charge < -0.3 is 10.1 Å². The summed E-state index contributed by atoms with van der Waals surface area (Å²) < 4.78 is 42.3. The zero-order chi connectivity index (χ0) is 14.3. The van der Waals surface area contributed by atoms with Gasteiger partial charge in [0.1, 0.15) is 5.75 Å². The average molecular weight is 272 g/mol. The molecule has 0 saturated carbocycles. The Labute approximate surface area is 110 Å². The van der Waals surface area contributed by atoms with Gasteiger partial charge in [-0.15, -0.1) is 0 Å². The van der Waals surface area contributed by atoms with E-state index in [1.165, 1.54) is 6.07 Å². The number of hydrogen-bond donors (Lipinski definition) is 1. The van der Waals surface area contributed by atoms with Crippen molar-refractivity contribution in [1.29, 1.82) is 5.26 Å². The number of alkyl halides is 3. The average Bonchev–Trinajstić information content (AvgIpc) is 2.34. The Balaban J connectivity index is 2.49. The molecule has 0 aliphatic rings. The van der Waals surface area contributed by atoms with Crippen LogP contribution in [-0.2, 0) is 6.54 Å². The van der Waals surface area contributed by atoms with E-state index in [4.69, 9.17) is 10.00 Å². The van der Waals surface area contributed by atoms with Gasteiger partial charge in [-0.1, -0.05) is 12.1 Å². The fraction of sp³-hybridized carbons (Fsp3) is 0.462. The van der Waals surface area contributed by atoms with E-state index in [1.807, 2.05) is 6.92 Å². The first-order valence-corrected chi connectivity index (χ1v) is 5.86. The Bertz CT molecular complexity index is 440. The van der Waals surface area contributed by atoms with Crippen molar-refractivity contribution in [2.75, 3.05) is 13.2 Å². The Morgan fingerprint density at radius 3 is 2.74 bits per heavy atom. The van der Waals surface area contributed by atoms with E-state index < -0.39 is 18.6 Å². The van der Waals surface area contributed by atoms with E-state index >= 15 is 0 Å². The third kappa shape index (κ3) is 5.18. The summed E-state index contributed by atoms with van der Waals surface area (Å²) in [5.74, 6) is -1.31. The maximum Gasteiger partial charge on any atom is 0.405 e. The molecular formula is C13H15F3N2O. The minimum absolute atomic E-state index is 0.259. The second kappa shape index (κ2) is 7.00. The Kier molecular flexibility index (Phi) is 5.64. The zero-order valence-corrected chi connectivity index (χ0v) is 10.5. The highest BCUT2D eigenvalue weighted by Gasteiger charge is 2.39. The van der Waals surface area contributed by atoms with Gasteiger partial charge in [-0.3, -0.25) is 0 Å². The molecule has 0 bridgehead atoms. The number of nitrogens with zero attached hydrogens (tertiary/aromatic N) is 1. The predicted molar refractivity (Wildman–Crippen MR) is 64.5 cm³/mol. The Morgan fingerprint density at radius 1 is 1.42 bits per heavy atom. The molecule has 104 valence electrons. The lowest BCUT2D eigenvalue weighted by molar-refractivity contribution is -0.157. The van der Waals surface area contributed by atoms with Gasteiger partial charge in [0.2, 0.25) is 0 Å². The van der Waals surface area contributed by atoms with Crippen LogP contribution in [0, 0.1) is 17.2 Å². The number of rotatable bonds is 6. The van der Waals surface area contributed by atoms with Crippen LogP contribution in [-0.4, -0.2) is 19.3 Å². The van der Waals surface area contributed by atoms with E-state index in [2.05, 4.69) is 5.32 Å². The smallest absolute Gasteiger partial charge is 0.405 e. The molecule has 0 spiro atoms. The quantitative estimate of drug-likeness (QED) is 0.866. The standard InChI is InChI=1S/C13H15F3N2O/c1-2-19-12-5-3-4-10(6-12)8-18-9-11(7-17)13(14,15)16/h3-6,11,18H,2,8-9H2,1H3. The molecule has 6 heteroatoms. The number of halogens is 3. The molecule has 1 N–H and O–H groups in total. The molecule has 1 aromatic rings. The van der Waals surface area contributed by atoms with Crippen molar-refractivity contribution in [1.82, 2.24) is 5.32 Å². The molecule has 3 nitrogen and oxygen atoms in total. The monoisotopic (exact) mass is 272 g/mol. The fourth-order valence-corrected chi connectivity index (χ4v) is 1.51. The minimum Gasteiger partial charge on any atom is -0.494 e. The summed E-state index contributed by atoms with van der Waals surface area (Å²) in [6, 6.07) is 8.34. The lowest BCUT2D eigenvalue weighted by Crippen LogP contribution is -2.32. The summed E-state index contributed by atoms with van der Waals surface area (Å²) in [6.45, 7) is 2.22. The van der Waals surface area contributed by atoms with Crippen LogP contribution in [0.5, 0.6) is 5.75 Å². The molecule has 19 heavy (non-hydrogen) atoms. The molecule has 0 saturated heterocycles. The normalized spacial score (nSPS) is 12.8. The van der Waals surface area contributed by atoms with Crippen LogP contribution in [0.4, 0.5) is 13.2 Å². The first-order chi connectivity index (χ1) is 8.97. The van der Waals surface area contributed by atoms with Crippen LogP contribution in [0.1, 0.15) is 12.5 Å². The third-order valence-corrected chi connectivity index (χ3v) is 2.44. The van der Waals surface area contributed by atoms with Crippen molar-refractivity contribution in [3.05, 3.63) is 29.8 Å². The maximum atomic E-state index is 12.3. The molecular weight excluding hydrogens is 257 g/mol. The first kappa shape index (κ1) is 15.3. The Hall–Kier alpha value is -1.74. The topological polar surface area (TPSA) is 45.0 Å². The second-order valence-electron chi connectivity index (χ2n) is 3.93. The molecule has 0 aliphatic carbocycles. The van der Waals surface area contributed by atoms with Gasteiger partial charge in [0.15, 0.2) is 5.92 Å². The number of nitriles is 1. The van der Waals surface area contributed by atoms with Crippen molar-refractivity contribution in [3.8, 4) is 11.8 Å². The van der Waals surface area contributed by atoms with Crippen LogP contribution in [0.25, 0.3) is 0 Å². The molecule has 1 atom stereocenters. The van der Waals surface area contributed by atoms with Crippen molar-refractivity contribution >= 4 is 0 Å². The number of hydrogen-bond acceptors (Lipinski definition) is 3. The molecule has 1 rings (SSSR count). The second-order valence-corrected chi connectivity index (χ2v) is 3.93. The van der Waals surface area contributed by atoms with Crippen molar-refractivity contribution in [2.45, 2.75) is 19.6 Å². The summed E-state index contributed by atoms with van der Waals surface area (Å²) in [6.07, 6.45) is -4.49. The summed E-state index contributed by atoms with van der Waals surface area (Å²) in [7, 11) is 0. The van der Waals surface area contributed by atoms with Gasteiger partial charge >= 0.3 is 6.18 Å². The SMILES string of the molecule is CCOc1cccc(CNCC(C#N)C(F)(F)F)c1. The van der Waals surface area contributed by atoms with Crippen LogP contribution < -0.4 is 10.1 Å². The first-order valence-electron chi connectivity index (χ1n) is 5.86. The number of nitrogens with one attached hydrogen (secondary N) is 1. The van der Waals surface area contributed by atoms with Crippen molar-refractivity contribution < 1.29 is 17.9 Å². The summed E-state index contributed by atoms with van der Waals surface area (Å²) in [5.41, 5.74) is 0.810. The lowest BCUT2D eigenvalue weighted by Gasteiger charge is -2.14. The molecule has 1 aromatic carbocycles. The molecule has 0 aliphatic heterocycles. The molecule has 0 aromatic heterocycles. The van der Waals surface area contributed by atoms with Gasteiger partial charge in [0, 0.05) is 13.1 Å². The van der Waals surface area contributed by atoms with Crippen molar-refractivity contribution in [3.63, 3.8) is 0 Å². The summed E-state index contributed by atoms with van der Waals surface area (Å²) in [5, 5.41) is 11.1. The molecule has 1 unspecified atom stereocenters. The van der Waals surface area contributed by atoms with E-state index in [9.17, 15) is 13.2 Å². The third-order valence-electron chi connectivity index (χ3n) is 2.44. The summed E-state index contributed by atoms with van der Waals surface area (Å²) in [4.78, 5) is 0. The van der Waals surface area contributed by atoms with Gasteiger partial charge in [-0.05, 0) is 24.6 Å². The highest BCUT2D eigenvalue weighted by molar-refractivity contribution is 5.28. The van der Waals surface area contributed by atoms with E-state index in [-0.39, 0.29) is 6.54 Å². The lowest BCUT2D eigenvalue weighted by atomic mass is 10.1. The molecule has 0 heterocycles. The van der Waals surface area contributed by atoms with Gasteiger partial charge in [-0.2, -0.15) is 18.4 Å². The van der Waals surface area contributed by atoms with E-state index in [0.717, 1.165) is 5.56 Å². The van der Waals surface area contributed by atoms with Crippen LogP contribution in [0.2, 0.25) is 0 Å². The van der Waals surface area contributed by atoms with Crippen LogP contribution >= 0.6 is 0 Å². The zero-order valence-electron chi connectivity index (χ0n) is 10.5. The Morgan fingerprint density at radius 2 is 2.16 bits per heavy atom. The van der Waals surface area contributed by atoms with Gasteiger partial charge in [0.25, 0.3) is 0 Å². The fourth-order valence-electron chi connectivity index (χ4n) is 1.51. The minimum atomic E-state index is -4.49. The number of ether oxygens (including phenoxy) is 1. The molecule has 0 amide bonds. The van der Waals surface area contributed by atoms with Crippen molar-refractivity contribution in [2.24, 2.45) is 5.92 Å². The predicted octanol–water partition coefficient (Wildman–Crippen LogP) is 2.88. The molecule has 0 radical (unpaired) electrons. The largest absolute Gasteiger partial charge is 0.494 e. The van der Waals surface area contributed by atoms with E-state index in [0.29, 0.717) is 12.4 Å². The van der Waals surface area contributed by atoms with Crippen LogP contribution in [0.3, 0.4) is 0 Å². The highest BCUT2D eigenvalue weighted by atomic mass is 19.4. The summed E-state index contributed by atoms with van der Waals surface area (Å²) >= 11 is 0. The maximum absolute atomic E-state index is 12.3. The van der Waals surface area contributed by atoms with Crippen LogP contribution in [0.15, 0.2) is 24.3 Å². The number of benzene rings is 1. The van der Waals surface area contributed by atoms with Gasteiger partial charge in [0.05, 0.1) is 12.7 Å². The molecule has 0 fully saturated rings. The van der Waals surface area contributed by atoms with E-state index in [1.54, 1.807) is 24.3 Å². The highest BCUT2D eigenvalue weighted by Crippen LogP contribution is 2.25.